The van der Waals surface area contributed by atoms with Crippen LogP contribution in [0.1, 0.15) is 16.3 Å². The Morgan fingerprint density at radius 3 is 2.74 bits per heavy atom. The summed E-state index contributed by atoms with van der Waals surface area (Å²) in [6.45, 7) is 6.27. The molecule has 1 aromatic heterocycles. The van der Waals surface area contributed by atoms with Crippen LogP contribution in [0.15, 0.2) is 29.6 Å². The summed E-state index contributed by atoms with van der Waals surface area (Å²) >= 11 is 7.66. The lowest BCUT2D eigenvalue weighted by Gasteiger charge is -2.34. The number of carbonyl (C=O) groups excluding carboxylic acids is 1. The van der Waals surface area contributed by atoms with Crippen molar-refractivity contribution < 1.29 is 4.79 Å². The number of rotatable bonds is 4. The second-order valence-corrected chi connectivity index (χ2v) is 7.32. The third kappa shape index (κ3) is 4.53. The van der Waals surface area contributed by atoms with E-state index in [-0.39, 0.29) is 5.91 Å². The summed E-state index contributed by atoms with van der Waals surface area (Å²) in [7, 11) is 0. The molecule has 0 radical (unpaired) electrons. The van der Waals surface area contributed by atoms with E-state index in [1.54, 1.807) is 11.3 Å². The molecule has 0 N–H and O–H groups in total. The van der Waals surface area contributed by atoms with Gasteiger partial charge in [0.15, 0.2) is 0 Å². The number of halogens is 1. The molecule has 0 saturated carbocycles. The molecule has 1 saturated heterocycles. The van der Waals surface area contributed by atoms with Gasteiger partial charge in [-0.05, 0) is 24.6 Å². The minimum atomic E-state index is 0.177. The molecule has 2 heterocycles. The van der Waals surface area contributed by atoms with Crippen LogP contribution in [-0.2, 0) is 17.8 Å². The predicted molar refractivity (Wildman–Crippen MR) is 93.9 cm³/mol. The first kappa shape index (κ1) is 16.4. The quantitative estimate of drug-likeness (QED) is 0.851. The largest absolute Gasteiger partial charge is 0.340 e. The van der Waals surface area contributed by atoms with Crippen LogP contribution in [0.3, 0.4) is 0 Å². The van der Waals surface area contributed by atoms with Gasteiger partial charge in [-0.1, -0.05) is 23.7 Å². The zero-order valence-electron chi connectivity index (χ0n) is 13.2. The van der Waals surface area contributed by atoms with E-state index in [0.29, 0.717) is 11.4 Å². The molecule has 0 spiro atoms. The fourth-order valence-corrected chi connectivity index (χ4v) is 3.62. The first-order valence-corrected chi connectivity index (χ1v) is 9.01. The van der Waals surface area contributed by atoms with Crippen molar-refractivity contribution >= 4 is 28.8 Å². The van der Waals surface area contributed by atoms with Gasteiger partial charge < -0.3 is 4.90 Å². The van der Waals surface area contributed by atoms with Crippen molar-refractivity contribution in [3.8, 4) is 0 Å². The average molecular weight is 350 g/mol. The molecule has 1 aromatic carbocycles. The van der Waals surface area contributed by atoms with Crippen LogP contribution in [0.2, 0.25) is 5.02 Å². The second-order valence-electron chi connectivity index (χ2n) is 5.82. The predicted octanol–water partition coefficient (Wildman–Crippen LogP) is 2.99. The summed E-state index contributed by atoms with van der Waals surface area (Å²) in [5.74, 6) is 0.177. The summed E-state index contributed by atoms with van der Waals surface area (Å²) in [5.41, 5.74) is 2.11. The number of hydrogen-bond acceptors (Lipinski definition) is 4. The molecule has 23 heavy (non-hydrogen) atoms. The average Bonchev–Trinajstić information content (AvgIpc) is 2.93. The molecular weight excluding hydrogens is 330 g/mol. The summed E-state index contributed by atoms with van der Waals surface area (Å²) < 4.78 is 0. The first-order chi connectivity index (χ1) is 11.1. The minimum absolute atomic E-state index is 0.177. The molecule has 1 amide bonds. The fraction of sp³-hybridized carbons (Fsp3) is 0.412. The molecule has 3 rings (SSSR count). The lowest BCUT2D eigenvalue weighted by molar-refractivity contribution is -0.132. The third-order valence-corrected chi connectivity index (χ3v) is 5.08. The molecule has 1 aliphatic heterocycles. The number of carbonyl (C=O) groups is 1. The van der Waals surface area contributed by atoms with E-state index in [2.05, 4.69) is 15.3 Å². The highest BCUT2D eigenvalue weighted by Crippen LogP contribution is 2.14. The Kier molecular flexibility index (Phi) is 5.30. The van der Waals surface area contributed by atoms with Crippen LogP contribution in [0.4, 0.5) is 0 Å². The van der Waals surface area contributed by atoms with Gasteiger partial charge in [-0.25, -0.2) is 4.98 Å². The Balaban J connectivity index is 1.49. The van der Waals surface area contributed by atoms with Gasteiger partial charge >= 0.3 is 0 Å². The van der Waals surface area contributed by atoms with E-state index in [1.807, 2.05) is 36.1 Å². The number of benzene rings is 1. The maximum absolute atomic E-state index is 12.4. The van der Waals surface area contributed by atoms with Crippen molar-refractivity contribution in [2.45, 2.75) is 19.9 Å². The number of hydrogen-bond donors (Lipinski definition) is 0. The summed E-state index contributed by atoms with van der Waals surface area (Å²) in [6.07, 6.45) is 0.422. The van der Waals surface area contributed by atoms with Crippen LogP contribution in [0.5, 0.6) is 0 Å². The first-order valence-electron chi connectivity index (χ1n) is 7.76. The van der Waals surface area contributed by atoms with E-state index in [4.69, 9.17) is 11.6 Å². The van der Waals surface area contributed by atoms with Gasteiger partial charge in [-0.3, -0.25) is 9.69 Å². The van der Waals surface area contributed by atoms with Crippen molar-refractivity contribution in [2.75, 3.05) is 26.2 Å². The summed E-state index contributed by atoms with van der Waals surface area (Å²) in [5, 5.41) is 3.90. The Bertz CT molecular complexity index is 680. The molecule has 6 heteroatoms. The van der Waals surface area contributed by atoms with Gasteiger partial charge in [0.25, 0.3) is 0 Å². The highest BCUT2D eigenvalue weighted by atomic mass is 35.5. The fourth-order valence-electron chi connectivity index (χ4n) is 2.80. The van der Waals surface area contributed by atoms with Crippen LogP contribution >= 0.6 is 22.9 Å². The zero-order chi connectivity index (χ0) is 16.2. The van der Waals surface area contributed by atoms with E-state index in [9.17, 15) is 4.79 Å². The number of amides is 1. The number of thiazole rings is 1. The molecule has 2 aromatic rings. The van der Waals surface area contributed by atoms with Gasteiger partial charge in [0.2, 0.25) is 5.91 Å². The third-order valence-electron chi connectivity index (χ3n) is 4.02. The van der Waals surface area contributed by atoms with E-state index in [1.165, 1.54) is 0 Å². The van der Waals surface area contributed by atoms with Crippen LogP contribution in [-0.4, -0.2) is 46.9 Å². The normalized spacial score (nSPS) is 15.8. The van der Waals surface area contributed by atoms with Crippen LogP contribution in [0.25, 0.3) is 0 Å². The van der Waals surface area contributed by atoms with Crippen molar-refractivity contribution in [1.82, 2.24) is 14.8 Å². The van der Waals surface area contributed by atoms with Gasteiger partial charge in [-0.2, -0.15) is 0 Å². The van der Waals surface area contributed by atoms with Gasteiger partial charge in [0.1, 0.15) is 0 Å². The lowest BCUT2D eigenvalue weighted by Crippen LogP contribution is -2.48. The van der Waals surface area contributed by atoms with E-state index >= 15 is 0 Å². The summed E-state index contributed by atoms with van der Waals surface area (Å²) in [4.78, 5) is 21.2. The van der Waals surface area contributed by atoms with Crippen LogP contribution in [0, 0.1) is 6.92 Å². The highest BCUT2D eigenvalue weighted by Gasteiger charge is 2.21. The summed E-state index contributed by atoms with van der Waals surface area (Å²) in [6, 6.07) is 7.53. The maximum Gasteiger partial charge on any atom is 0.227 e. The monoisotopic (exact) mass is 349 g/mol. The van der Waals surface area contributed by atoms with Crippen molar-refractivity contribution in [3.05, 3.63) is 50.9 Å². The van der Waals surface area contributed by atoms with Gasteiger partial charge in [-0.15, -0.1) is 11.3 Å². The van der Waals surface area contributed by atoms with E-state index < -0.39 is 0 Å². The molecule has 122 valence electrons. The molecular formula is C17H20ClN3OS. The molecule has 0 bridgehead atoms. The Labute approximate surface area is 145 Å². The SMILES string of the molecule is Cc1nc(CN2CCN(C(=O)Cc3cccc(Cl)c3)CC2)cs1. The number of aryl methyl sites for hydroxylation is 1. The molecule has 0 aliphatic carbocycles. The minimum Gasteiger partial charge on any atom is -0.340 e. The lowest BCUT2D eigenvalue weighted by atomic mass is 10.1. The second kappa shape index (κ2) is 7.43. The Morgan fingerprint density at radius 2 is 2.09 bits per heavy atom. The number of piperazine rings is 1. The molecule has 1 aliphatic rings. The molecule has 1 fully saturated rings. The maximum atomic E-state index is 12.4. The smallest absolute Gasteiger partial charge is 0.227 e. The van der Waals surface area contributed by atoms with Gasteiger partial charge in [0, 0.05) is 43.1 Å². The van der Waals surface area contributed by atoms with Crippen LogP contribution < -0.4 is 0 Å². The van der Waals surface area contributed by atoms with Crippen molar-refractivity contribution in [2.24, 2.45) is 0 Å². The standard InChI is InChI=1S/C17H20ClN3OS/c1-13-19-16(12-23-13)11-20-5-7-21(8-6-20)17(22)10-14-3-2-4-15(18)9-14/h2-4,9,12H,5-8,10-11H2,1H3. The Morgan fingerprint density at radius 1 is 1.30 bits per heavy atom. The number of aromatic nitrogens is 1. The Hall–Kier alpha value is -1.43. The number of nitrogens with zero attached hydrogens (tertiary/aromatic N) is 3. The van der Waals surface area contributed by atoms with Gasteiger partial charge in [0.05, 0.1) is 17.1 Å². The zero-order valence-corrected chi connectivity index (χ0v) is 14.7. The molecule has 0 unspecified atom stereocenters. The van der Waals surface area contributed by atoms with Crippen molar-refractivity contribution in [3.63, 3.8) is 0 Å². The topological polar surface area (TPSA) is 36.4 Å². The highest BCUT2D eigenvalue weighted by molar-refractivity contribution is 7.09. The molecule has 0 atom stereocenters. The van der Waals surface area contributed by atoms with E-state index in [0.717, 1.165) is 49.0 Å². The van der Waals surface area contributed by atoms with Crippen molar-refractivity contribution in [1.29, 1.82) is 0 Å². The molecule has 4 nitrogen and oxygen atoms in total.